The predicted molar refractivity (Wildman–Crippen MR) is 77.3 cm³/mol. The highest BCUT2D eigenvalue weighted by Crippen LogP contribution is 2.07. The zero-order chi connectivity index (χ0) is 12.8. The van der Waals surface area contributed by atoms with Gasteiger partial charge >= 0.3 is 0 Å². The largest absolute Gasteiger partial charge is 0.284 e. The van der Waals surface area contributed by atoms with Crippen molar-refractivity contribution in [2.24, 2.45) is 0 Å². The van der Waals surface area contributed by atoms with Crippen molar-refractivity contribution in [3.05, 3.63) is 52.8 Å². The Labute approximate surface area is 117 Å². The van der Waals surface area contributed by atoms with Crippen LogP contribution in [0.15, 0.2) is 47.2 Å². The van der Waals surface area contributed by atoms with E-state index in [1.807, 2.05) is 17.1 Å². The van der Waals surface area contributed by atoms with Gasteiger partial charge in [0.05, 0.1) is 17.3 Å². The fraction of sp³-hybridized carbons (Fsp3) is 0.357. The molecule has 1 heterocycles. The molecule has 2 rings (SSSR count). The normalized spacial score (nSPS) is 11.1. The Morgan fingerprint density at radius 1 is 1.28 bits per heavy atom. The van der Waals surface area contributed by atoms with Crippen molar-refractivity contribution in [1.82, 2.24) is 14.7 Å². The molecule has 0 aliphatic rings. The van der Waals surface area contributed by atoms with Gasteiger partial charge in [-0.3, -0.25) is 9.58 Å². The van der Waals surface area contributed by atoms with E-state index in [1.54, 1.807) is 0 Å². The second-order valence-electron chi connectivity index (χ2n) is 4.29. The lowest BCUT2D eigenvalue weighted by atomic mass is 10.1. The molecule has 2 aromatic rings. The maximum Gasteiger partial charge on any atom is 0.0929 e. The molecule has 0 spiro atoms. The van der Waals surface area contributed by atoms with Crippen LogP contribution in [0.25, 0.3) is 0 Å². The first-order valence-corrected chi connectivity index (χ1v) is 7.01. The monoisotopic (exact) mass is 307 g/mol. The van der Waals surface area contributed by atoms with E-state index in [2.05, 4.69) is 63.2 Å². The summed E-state index contributed by atoms with van der Waals surface area (Å²) in [4.78, 5) is 2.38. The fourth-order valence-electron chi connectivity index (χ4n) is 1.88. The van der Waals surface area contributed by atoms with Crippen molar-refractivity contribution < 1.29 is 0 Å². The minimum absolute atomic E-state index is 0.842. The van der Waals surface area contributed by atoms with Gasteiger partial charge in [-0.05, 0) is 34.5 Å². The van der Waals surface area contributed by atoms with Crippen molar-refractivity contribution in [2.75, 3.05) is 13.1 Å². The number of hydrogen-bond acceptors (Lipinski definition) is 2. The van der Waals surface area contributed by atoms with E-state index in [0.29, 0.717) is 0 Å². The SMILES string of the molecule is CCN(CCc1ccccc1)Cn1cc(Br)cn1. The van der Waals surface area contributed by atoms with Crippen LogP contribution in [0.5, 0.6) is 0 Å². The molecule has 1 aromatic heterocycles. The van der Waals surface area contributed by atoms with Gasteiger partial charge in [0.25, 0.3) is 0 Å². The van der Waals surface area contributed by atoms with Crippen molar-refractivity contribution in [2.45, 2.75) is 20.0 Å². The Morgan fingerprint density at radius 2 is 2.06 bits per heavy atom. The number of nitrogens with zero attached hydrogens (tertiary/aromatic N) is 3. The van der Waals surface area contributed by atoms with E-state index in [1.165, 1.54) is 5.56 Å². The smallest absolute Gasteiger partial charge is 0.0929 e. The standard InChI is InChI=1S/C14H18BrN3/c1-2-17(12-18-11-14(15)10-16-18)9-8-13-6-4-3-5-7-13/h3-7,10-11H,2,8-9,12H2,1H3. The summed E-state index contributed by atoms with van der Waals surface area (Å²) in [7, 11) is 0. The minimum atomic E-state index is 0.842. The molecule has 18 heavy (non-hydrogen) atoms. The van der Waals surface area contributed by atoms with E-state index in [0.717, 1.165) is 30.7 Å². The van der Waals surface area contributed by atoms with Crippen molar-refractivity contribution in [3.8, 4) is 0 Å². The van der Waals surface area contributed by atoms with Crippen LogP contribution in [-0.2, 0) is 13.1 Å². The van der Waals surface area contributed by atoms with Crippen molar-refractivity contribution >= 4 is 15.9 Å². The highest BCUT2D eigenvalue weighted by molar-refractivity contribution is 9.10. The molecule has 96 valence electrons. The Hall–Kier alpha value is -1.13. The number of rotatable bonds is 6. The van der Waals surface area contributed by atoms with Crippen LogP contribution in [0.3, 0.4) is 0 Å². The van der Waals surface area contributed by atoms with Crippen LogP contribution in [0.2, 0.25) is 0 Å². The Kier molecular flexibility index (Phi) is 4.96. The van der Waals surface area contributed by atoms with Gasteiger partial charge in [0.15, 0.2) is 0 Å². The summed E-state index contributed by atoms with van der Waals surface area (Å²) >= 11 is 3.42. The van der Waals surface area contributed by atoms with Gasteiger partial charge in [0.1, 0.15) is 0 Å². The Morgan fingerprint density at radius 3 is 2.67 bits per heavy atom. The average Bonchev–Trinajstić information content (AvgIpc) is 2.81. The molecule has 3 nitrogen and oxygen atoms in total. The average molecular weight is 308 g/mol. The molecule has 0 radical (unpaired) electrons. The van der Waals surface area contributed by atoms with E-state index in [-0.39, 0.29) is 0 Å². The van der Waals surface area contributed by atoms with Gasteiger partial charge in [0, 0.05) is 12.7 Å². The van der Waals surface area contributed by atoms with Crippen LogP contribution in [0, 0.1) is 0 Å². The predicted octanol–water partition coefficient (Wildman–Crippen LogP) is 3.17. The second-order valence-corrected chi connectivity index (χ2v) is 5.20. The van der Waals surface area contributed by atoms with Crippen molar-refractivity contribution in [1.29, 1.82) is 0 Å². The molecule has 0 N–H and O–H groups in total. The minimum Gasteiger partial charge on any atom is -0.284 e. The first-order chi connectivity index (χ1) is 8.78. The zero-order valence-corrected chi connectivity index (χ0v) is 12.2. The molecule has 0 saturated heterocycles. The Balaban J connectivity index is 1.86. The fourth-order valence-corrected chi connectivity index (χ4v) is 2.21. The molecule has 0 atom stereocenters. The highest BCUT2D eigenvalue weighted by Gasteiger charge is 2.04. The summed E-state index contributed by atoms with van der Waals surface area (Å²) in [5, 5.41) is 4.29. The van der Waals surface area contributed by atoms with Gasteiger partial charge in [-0.2, -0.15) is 5.10 Å². The summed E-state index contributed by atoms with van der Waals surface area (Å²) in [6, 6.07) is 10.6. The van der Waals surface area contributed by atoms with Crippen LogP contribution in [-0.4, -0.2) is 27.8 Å². The van der Waals surface area contributed by atoms with Gasteiger partial charge < -0.3 is 0 Å². The third kappa shape index (κ3) is 3.96. The number of hydrogen-bond donors (Lipinski definition) is 0. The molecule has 0 fully saturated rings. The van der Waals surface area contributed by atoms with E-state index >= 15 is 0 Å². The lowest BCUT2D eigenvalue weighted by molar-refractivity contribution is 0.220. The van der Waals surface area contributed by atoms with E-state index in [4.69, 9.17) is 0 Å². The molecule has 4 heteroatoms. The first-order valence-electron chi connectivity index (χ1n) is 6.22. The summed E-state index contributed by atoms with van der Waals surface area (Å²) in [6.45, 7) is 5.11. The van der Waals surface area contributed by atoms with Gasteiger partial charge in [0.2, 0.25) is 0 Å². The molecule has 0 amide bonds. The number of halogens is 1. The van der Waals surface area contributed by atoms with E-state index < -0.39 is 0 Å². The van der Waals surface area contributed by atoms with E-state index in [9.17, 15) is 0 Å². The third-order valence-corrected chi connectivity index (χ3v) is 3.36. The number of aromatic nitrogens is 2. The molecular weight excluding hydrogens is 290 g/mol. The summed E-state index contributed by atoms with van der Waals surface area (Å²) in [5.74, 6) is 0. The van der Waals surface area contributed by atoms with Gasteiger partial charge in [-0.15, -0.1) is 0 Å². The molecule has 0 bridgehead atoms. The first kappa shape index (κ1) is 13.3. The van der Waals surface area contributed by atoms with Crippen molar-refractivity contribution in [3.63, 3.8) is 0 Å². The maximum atomic E-state index is 4.29. The van der Waals surface area contributed by atoms with Gasteiger partial charge in [-0.1, -0.05) is 37.3 Å². The lowest BCUT2D eigenvalue weighted by Gasteiger charge is -2.20. The Bertz CT molecular complexity index is 467. The quantitative estimate of drug-likeness (QED) is 0.817. The van der Waals surface area contributed by atoms with Gasteiger partial charge in [-0.25, -0.2) is 0 Å². The molecule has 0 aliphatic carbocycles. The number of benzene rings is 1. The topological polar surface area (TPSA) is 21.1 Å². The van der Waals surface area contributed by atoms with Crippen LogP contribution >= 0.6 is 15.9 Å². The molecule has 0 aliphatic heterocycles. The zero-order valence-electron chi connectivity index (χ0n) is 10.6. The lowest BCUT2D eigenvalue weighted by Crippen LogP contribution is -2.28. The van der Waals surface area contributed by atoms with Crippen LogP contribution < -0.4 is 0 Å². The molecule has 0 unspecified atom stereocenters. The molecular formula is C14H18BrN3. The molecule has 1 aromatic carbocycles. The van der Waals surface area contributed by atoms with Crippen LogP contribution in [0.1, 0.15) is 12.5 Å². The maximum absolute atomic E-state index is 4.29. The summed E-state index contributed by atoms with van der Waals surface area (Å²) < 4.78 is 2.99. The molecule has 0 saturated carbocycles. The number of likely N-dealkylation sites (N-methyl/N-ethyl adjacent to an activating group) is 1. The summed E-state index contributed by atoms with van der Waals surface area (Å²) in [6.07, 6.45) is 4.91. The second kappa shape index (κ2) is 6.71. The van der Waals surface area contributed by atoms with Crippen LogP contribution in [0.4, 0.5) is 0 Å². The highest BCUT2D eigenvalue weighted by atomic mass is 79.9. The summed E-state index contributed by atoms with van der Waals surface area (Å²) in [5.41, 5.74) is 1.39. The third-order valence-electron chi connectivity index (χ3n) is 2.95.